The van der Waals surface area contributed by atoms with Gasteiger partial charge >= 0.3 is 18.0 Å². The van der Waals surface area contributed by atoms with Crippen LogP contribution in [0.25, 0.3) is 17.0 Å². The fourth-order valence-corrected chi connectivity index (χ4v) is 9.62. The number of benzene rings is 1. The molecule has 1 amide bonds. The lowest BCUT2D eigenvalue weighted by atomic mass is 9.73. The summed E-state index contributed by atoms with van der Waals surface area (Å²) in [7, 11) is 3.62. The Balaban J connectivity index is 1.43. The molecule has 318 valence electrons. The number of Topliss-reactive ketones (excluding diaryl/α,β-unsaturated/α-hetero) is 1. The number of pyridine rings is 1. The molecule has 2 aromatic rings. The lowest BCUT2D eigenvalue weighted by molar-refractivity contribution is -0.282. The smallest absolute Gasteiger partial charge is 0.410 e. The van der Waals surface area contributed by atoms with Crippen molar-refractivity contribution in [1.82, 2.24) is 14.8 Å². The lowest BCUT2D eigenvalue weighted by Crippen LogP contribution is -2.60. The molecule has 0 aliphatic carbocycles. The molecule has 0 radical (unpaired) electrons. The Kier molecular flexibility index (Phi) is 13.1. The Morgan fingerprint density at radius 2 is 1.78 bits per heavy atom. The van der Waals surface area contributed by atoms with Crippen molar-refractivity contribution in [2.45, 2.75) is 122 Å². The van der Waals surface area contributed by atoms with Crippen molar-refractivity contribution in [3.05, 3.63) is 48.2 Å². The van der Waals surface area contributed by atoms with Gasteiger partial charge in [0.05, 0.1) is 43.0 Å². The highest BCUT2D eigenvalue weighted by Gasteiger charge is 2.62. The molecule has 2 bridgehead atoms. The highest BCUT2D eigenvalue weighted by Crippen LogP contribution is 2.44. The number of halogens is 2. The molecule has 3 fully saturated rings. The quantitative estimate of drug-likeness (QED) is 0.264. The van der Waals surface area contributed by atoms with Gasteiger partial charge in [-0.2, -0.15) is 8.78 Å². The van der Waals surface area contributed by atoms with Crippen molar-refractivity contribution in [2.24, 2.45) is 28.7 Å². The summed E-state index contributed by atoms with van der Waals surface area (Å²) in [5.74, 6) is -11.9. The number of aliphatic hydroxyl groups is 1. The van der Waals surface area contributed by atoms with Gasteiger partial charge in [0, 0.05) is 53.6 Å². The second kappa shape index (κ2) is 17.4. The summed E-state index contributed by atoms with van der Waals surface area (Å²) < 4.78 is 63.3. The number of fused-ring (bicyclic) bond motifs is 2. The fourth-order valence-electron chi connectivity index (χ4n) is 9.62. The van der Waals surface area contributed by atoms with Gasteiger partial charge in [0.1, 0.15) is 12.2 Å². The van der Waals surface area contributed by atoms with E-state index in [1.807, 2.05) is 82.3 Å². The largest absolute Gasteiger partial charge is 0.453 e. The highest BCUT2D eigenvalue weighted by atomic mass is 19.3. The first-order valence-corrected chi connectivity index (χ1v) is 20.4. The zero-order valence-electron chi connectivity index (χ0n) is 34.8. The number of ketones is 1. The van der Waals surface area contributed by atoms with Crippen LogP contribution in [0.5, 0.6) is 0 Å². The second-order valence-electron chi connectivity index (χ2n) is 16.8. The number of cyclic esters (lactones) is 1. The van der Waals surface area contributed by atoms with Crippen molar-refractivity contribution in [3.63, 3.8) is 0 Å². The summed E-state index contributed by atoms with van der Waals surface area (Å²) in [6, 6.07) is 8.61. The van der Waals surface area contributed by atoms with Crippen LogP contribution in [0.1, 0.15) is 66.9 Å². The van der Waals surface area contributed by atoms with Crippen LogP contribution in [0.15, 0.2) is 47.6 Å². The summed E-state index contributed by atoms with van der Waals surface area (Å²) in [5, 5.41) is 12.5. The standard InChI is InChI=1S/C43H58F2N4O9/c1-10-32-42(7)37-25(4)33(46-17-18-49(37)41(53)58-42)24(3)35(54-19-13-14-28-21-29-15-11-12-16-30(29)47-22-28)26(5)36(27(6)38(51)43(44,45)40(52)56-32)57-39-34(50)31(48(8)9)20-23(2)55-39/h11-16,21-27,31-32,34-37,39,50H,10,17-20H2,1-9H3/b14-13+/t23-,24+,25+,26+,27-,31+,32-,34-,35+,36+,37?,39+,42-/m1/s1. The van der Waals surface area contributed by atoms with E-state index >= 15 is 8.78 Å². The summed E-state index contributed by atoms with van der Waals surface area (Å²) in [6.45, 7) is 12.4. The number of carbonyl (C=O) groups is 3. The van der Waals surface area contributed by atoms with Gasteiger partial charge in [0.25, 0.3) is 0 Å². The van der Waals surface area contributed by atoms with Crippen LogP contribution in [-0.2, 0) is 33.3 Å². The maximum absolute atomic E-state index is 16.3. The van der Waals surface area contributed by atoms with E-state index in [1.54, 1.807) is 27.0 Å². The number of aliphatic hydroxyl groups excluding tert-OH is 1. The molecule has 58 heavy (non-hydrogen) atoms. The number of hydrogen-bond donors (Lipinski definition) is 1. The molecular formula is C43H58F2N4O9. The van der Waals surface area contributed by atoms with Crippen molar-refractivity contribution < 1.29 is 52.0 Å². The second-order valence-corrected chi connectivity index (χ2v) is 16.8. The number of carbonyl (C=O) groups excluding carboxylic acids is 3. The lowest BCUT2D eigenvalue weighted by Gasteiger charge is -2.45. The predicted octanol–water partition coefficient (Wildman–Crippen LogP) is 5.56. The van der Waals surface area contributed by atoms with Crippen LogP contribution < -0.4 is 0 Å². The summed E-state index contributed by atoms with van der Waals surface area (Å²) in [5.41, 5.74) is 0.833. The average molecular weight is 813 g/mol. The molecule has 4 aliphatic heterocycles. The Bertz CT molecular complexity index is 1890. The minimum atomic E-state index is -4.61. The van der Waals surface area contributed by atoms with Gasteiger partial charge in [-0.3, -0.25) is 19.7 Å². The van der Waals surface area contributed by atoms with E-state index in [-0.39, 0.29) is 32.2 Å². The molecule has 0 saturated carbocycles. The molecule has 15 heteroatoms. The van der Waals surface area contributed by atoms with Crippen molar-refractivity contribution in [2.75, 3.05) is 33.8 Å². The van der Waals surface area contributed by atoms with Gasteiger partial charge < -0.3 is 33.7 Å². The van der Waals surface area contributed by atoms with Crippen LogP contribution in [0.2, 0.25) is 0 Å². The van der Waals surface area contributed by atoms with Crippen LogP contribution in [0.3, 0.4) is 0 Å². The van der Waals surface area contributed by atoms with Gasteiger partial charge in [0.2, 0.25) is 5.78 Å². The topological polar surface area (TPSA) is 149 Å². The molecule has 1 aromatic carbocycles. The van der Waals surface area contributed by atoms with Crippen molar-refractivity contribution in [1.29, 1.82) is 0 Å². The van der Waals surface area contributed by atoms with E-state index in [9.17, 15) is 19.5 Å². The minimum Gasteiger partial charge on any atom is -0.453 e. The summed E-state index contributed by atoms with van der Waals surface area (Å²) in [6.07, 6.45) is -1.10. The van der Waals surface area contributed by atoms with Gasteiger partial charge in [-0.15, -0.1) is 0 Å². The van der Waals surface area contributed by atoms with Crippen LogP contribution >= 0.6 is 0 Å². The number of likely N-dealkylation sites (N-methyl/N-ethyl adjacent to an activating group) is 1. The number of aromatic nitrogens is 1. The van der Waals surface area contributed by atoms with Gasteiger partial charge in [-0.05, 0) is 58.5 Å². The van der Waals surface area contributed by atoms with Crippen LogP contribution in [0, 0.1) is 23.7 Å². The Labute approximate surface area is 339 Å². The first kappa shape index (κ1) is 43.7. The Hall–Kier alpha value is -3.89. The predicted molar refractivity (Wildman–Crippen MR) is 212 cm³/mol. The Morgan fingerprint density at radius 1 is 1.05 bits per heavy atom. The van der Waals surface area contributed by atoms with Gasteiger partial charge in [0.15, 0.2) is 11.9 Å². The van der Waals surface area contributed by atoms with E-state index in [4.69, 9.17) is 28.7 Å². The molecule has 6 rings (SSSR count). The summed E-state index contributed by atoms with van der Waals surface area (Å²) in [4.78, 5) is 53.9. The number of alkyl halides is 2. The molecule has 1 aromatic heterocycles. The maximum atomic E-state index is 16.3. The van der Waals surface area contributed by atoms with Crippen LogP contribution in [-0.4, -0.2) is 138 Å². The number of aliphatic imine (C=N–C) groups is 1. The third-order valence-electron chi connectivity index (χ3n) is 12.6. The minimum absolute atomic E-state index is 0.0180. The molecule has 13 atom stereocenters. The van der Waals surface area contributed by atoms with E-state index in [1.165, 1.54) is 11.8 Å². The van der Waals surface area contributed by atoms with Crippen molar-refractivity contribution in [3.8, 4) is 0 Å². The van der Waals surface area contributed by atoms with Crippen molar-refractivity contribution >= 4 is 40.5 Å². The molecule has 13 nitrogen and oxygen atoms in total. The average Bonchev–Trinajstić information content (AvgIpc) is 3.31. The normalized spacial score (nSPS) is 37.4. The molecule has 0 spiro atoms. The SMILES string of the molecule is CC[C@H]1OC(=O)C(F)(F)C(=O)[C@H](C)[C@@H](O[C@@H]2O[C@H](C)C[C@H](N(C)C)[C@H]2O)[C@@H](C)[C@@H](OC/C=C/c2cnc3ccccc3c2)[C@@H](C)C2=NCCN3C(=O)O[C@@]1(C)C3[C@H]2C. The van der Waals surface area contributed by atoms with E-state index in [0.717, 1.165) is 16.5 Å². The Morgan fingerprint density at radius 3 is 2.48 bits per heavy atom. The number of hydrogen-bond acceptors (Lipinski definition) is 12. The number of para-hydroxylation sites is 1. The highest BCUT2D eigenvalue weighted by molar-refractivity contribution is 6.06. The van der Waals surface area contributed by atoms with Gasteiger partial charge in [-0.1, -0.05) is 65.0 Å². The first-order chi connectivity index (χ1) is 27.4. The molecule has 1 unspecified atom stereocenters. The monoisotopic (exact) mass is 812 g/mol. The number of esters is 1. The van der Waals surface area contributed by atoms with Gasteiger partial charge in [-0.25, -0.2) is 9.59 Å². The zero-order chi connectivity index (χ0) is 42.3. The molecule has 4 aliphatic rings. The molecule has 5 heterocycles. The maximum Gasteiger partial charge on any atom is 0.410 e. The summed E-state index contributed by atoms with van der Waals surface area (Å²) >= 11 is 0. The zero-order valence-corrected chi connectivity index (χ0v) is 34.8. The third kappa shape index (κ3) is 8.29. The van der Waals surface area contributed by atoms with E-state index in [0.29, 0.717) is 12.1 Å². The number of ether oxygens (including phenoxy) is 5. The third-order valence-corrected chi connectivity index (χ3v) is 12.6. The molecular weight excluding hydrogens is 754 g/mol. The molecule has 1 N–H and O–H groups in total. The number of amides is 1. The number of rotatable bonds is 8. The number of nitrogens with zero attached hydrogens (tertiary/aromatic N) is 4. The first-order valence-electron chi connectivity index (χ1n) is 20.4. The van der Waals surface area contributed by atoms with E-state index < -0.39 is 95.8 Å². The van der Waals surface area contributed by atoms with Crippen LogP contribution in [0.4, 0.5) is 13.6 Å². The molecule has 3 saturated heterocycles. The fraction of sp³-hybridized carbons (Fsp3) is 0.651. The van der Waals surface area contributed by atoms with E-state index in [2.05, 4.69) is 4.98 Å².